The van der Waals surface area contributed by atoms with E-state index in [0.717, 1.165) is 17.8 Å². The average molecular weight is 447 g/mol. The van der Waals surface area contributed by atoms with E-state index in [2.05, 4.69) is 33.9 Å². The molecule has 7 heteroatoms. The number of nitrogens with zero attached hydrogens (tertiary/aromatic N) is 4. The monoisotopic (exact) mass is 446 g/mol. The highest BCUT2D eigenvalue weighted by Gasteiger charge is 2.28. The summed E-state index contributed by atoms with van der Waals surface area (Å²) < 4.78 is 11.4. The number of piperazine rings is 1. The molecule has 172 valence electrons. The van der Waals surface area contributed by atoms with Gasteiger partial charge in [-0.05, 0) is 43.5 Å². The fourth-order valence-electron chi connectivity index (χ4n) is 4.11. The van der Waals surface area contributed by atoms with E-state index in [-0.39, 0.29) is 11.9 Å². The minimum atomic E-state index is 0.0959. The van der Waals surface area contributed by atoms with Crippen molar-refractivity contribution in [2.45, 2.75) is 32.7 Å². The Bertz CT molecular complexity index is 1090. The highest BCUT2D eigenvalue weighted by molar-refractivity contribution is 5.77. The maximum atomic E-state index is 12.8. The van der Waals surface area contributed by atoms with Crippen LogP contribution in [0.3, 0.4) is 0 Å². The lowest BCUT2D eigenvalue weighted by molar-refractivity contribution is -0.133. The van der Waals surface area contributed by atoms with Gasteiger partial charge in [0.2, 0.25) is 11.8 Å². The fourth-order valence-corrected chi connectivity index (χ4v) is 4.11. The van der Waals surface area contributed by atoms with Crippen LogP contribution < -0.4 is 14.4 Å². The normalized spacial score (nSPS) is 15.9. The number of methoxy groups -OCH3 is 1. The van der Waals surface area contributed by atoms with Crippen molar-refractivity contribution in [3.63, 3.8) is 0 Å². The molecule has 7 nitrogen and oxygen atoms in total. The quantitative estimate of drug-likeness (QED) is 0.540. The summed E-state index contributed by atoms with van der Waals surface area (Å²) in [6, 6.07) is 17.8. The Morgan fingerprint density at radius 1 is 1.06 bits per heavy atom. The molecule has 0 aliphatic carbocycles. The van der Waals surface area contributed by atoms with E-state index in [1.54, 1.807) is 7.11 Å². The summed E-state index contributed by atoms with van der Waals surface area (Å²) in [6.45, 7) is 6.18. The van der Waals surface area contributed by atoms with Crippen LogP contribution in [0.4, 0.5) is 5.82 Å². The fraction of sp³-hybridized carbons (Fsp3) is 0.346. The predicted molar refractivity (Wildman–Crippen MR) is 128 cm³/mol. The Balaban J connectivity index is 1.37. The molecular formula is C26H30N4O3. The number of amides is 1. The van der Waals surface area contributed by atoms with Crippen molar-refractivity contribution in [2.24, 2.45) is 0 Å². The molecule has 0 radical (unpaired) electrons. The van der Waals surface area contributed by atoms with Gasteiger partial charge in [0.1, 0.15) is 12.1 Å². The summed E-state index contributed by atoms with van der Waals surface area (Å²) in [4.78, 5) is 25.7. The Hall–Kier alpha value is -3.61. The number of ether oxygens (including phenoxy) is 2. The number of aromatic nitrogens is 2. The summed E-state index contributed by atoms with van der Waals surface area (Å²) in [6.07, 6.45) is 2.80. The molecule has 4 rings (SSSR count). The van der Waals surface area contributed by atoms with Crippen molar-refractivity contribution >= 4 is 11.7 Å². The molecule has 1 amide bonds. The maximum absolute atomic E-state index is 12.8. The van der Waals surface area contributed by atoms with Crippen LogP contribution in [0.15, 0.2) is 60.9 Å². The van der Waals surface area contributed by atoms with E-state index in [0.29, 0.717) is 43.4 Å². The van der Waals surface area contributed by atoms with Crippen LogP contribution in [0.2, 0.25) is 0 Å². The highest BCUT2D eigenvalue weighted by atomic mass is 16.5. The molecule has 2 aromatic carbocycles. The molecule has 0 spiro atoms. The van der Waals surface area contributed by atoms with Gasteiger partial charge in [-0.15, -0.1) is 0 Å². The first-order valence-electron chi connectivity index (χ1n) is 11.3. The number of benzene rings is 2. The Kier molecular flexibility index (Phi) is 7.07. The van der Waals surface area contributed by atoms with Gasteiger partial charge in [0.15, 0.2) is 11.5 Å². The lowest BCUT2D eigenvalue weighted by Gasteiger charge is -2.40. The number of carbonyl (C=O) groups excluding carboxylic acids is 1. The third-order valence-corrected chi connectivity index (χ3v) is 5.90. The summed E-state index contributed by atoms with van der Waals surface area (Å²) in [5.41, 5.74) is 2.28. The minimum Gasteiger partial charge on any atom is -0.493 e. The molecule has 1 aromatic heterocycles. The molecule has 2 heterocycles. The molecular weight excluding hydrogens is 416 g/mol. The topological polar surface area (TPSA) is 67.8 Å². The zero-order valence-corrected chi connectivity index (χ0v) is 19.4. The molecule has 0 bridgehead atoms. The van der Waals surface area contributed by atoms with Crippen LogP contribution in [-0.4, -0.2) is 53.6 Å². The molecule has 3 aromatic rings. The molecule has 0 N–H and O–H groups in total. The van der Waals surface area contributed by atoms with Crippen molar-refractivity contribution in [3.8, 4) is 17.4 Å². The standard InChI is InChI=1S/C26H30N4O3/c1-19-9-11-22(23(15-19)32-3)33-25-16-24(27-18-28-25)29-13-14-30(20(2)17-29)26(31)12-10-21-7-5-4-6-8-21/h4-9,11,15-16,18,20H,10,12-14,17H2,1-3H3. The van der Waals surface area contributed by atoms with Crippen LogP contribution in [0.5, 0.6) is 17.4 Å². The van der Waals surface area contributed by atoms with Crippen LogP contribution in [0.25, 0.3) is 0 Å². The van der Waals surface area contributed by atoms with E-state index in [1.807, 2.05) is 54.3 Å². The SMILES string of the molecule is COc1cc(C)ccc1Oc1cc(N2CCN(C(=O)CCc3ccccc3)C(C)C2)ncn1. The summed E-state index contributed by atoms with van der Waals surface area (Å²) >= 11 is 0. The number of carbonyl (C=O) groups is 1. The lowest BCUT2D eigenvalue weighted by atomic mass is 10.1. The Morgan fingerprint density at radius 2 is 1.88 bits per heavy atom. The molecule has 1 fully saturated rings. The number of aryl methyl sites for hydroxylation is 2. The van der Waals surface area contributed by atoms with E-state index >= 15 is 0 Å². The average Bonchev–Trinajstić information content (AvgIpc) is 2.84. The van der Waals surface area contributed by atoms with Gasteiger partial charge in [-0.1, -0.05) is 36.4 Å². The molecule has 1 atom stereocenters. The van der Waals surface area contributed by atoms with Crippen LogP contribution in [-0.2, 0) is 11.2 Å². The summed E-state index contributed by atoms with van der Waals surface area (Å²) in [5, 5.41) is 0. The largest absolute Gasteiger partial charge is 0.493 e. The second-order valence-corrected chi connectivity index (χ2v) is 8.34. The van der Waals surface area contributed by atoms with Gasteiger partial charge in [-0.3, -0.25) is 4.79 Å². The van der Waals surface area contributed by atoms with Gasteiger partial charge in [0.25, 0.3) is 0 Å². The predicted octanol–water partition coefficient (Wildman–Crippen LogP) is 4.26. The number of rotatable bonds is 7. The minimum absolute atomic E-state index is 0.0959. The van der Waals surface area contributed by atoms with Crippen molar-refractivity contribution in [1.82, 2.24) is 14.9 Å². The second-order valence-electron chi connectivity index (χ2n) is 8.34. The lowest BCUT2D eigenvalue weighted by Crippen LogP contribution is -2.54. The molecule has 1 unspecified atom stereocenters. The van der Waals surface area contributed by atoms with Gasteiger partial charge < -0.3 is 19.3 Å². The van der Waals surface area contributed by atoms with Crippen molar-refractivity contribution in [3.05, 3.63) is 72.1 Å². The van der Waals surface area contributed by atoms with Gasteiger partial charge in [-0.25, -0.2) is 9.97 Å². The van der Waals surface area contributed by atoms with Crippen molar-refractivity contribution in [1.29, 1.82) is 0 Å². The van der Waals surface area contributed by atoms with Gasteiger partial charge in [0, 0.05) is 38.2 Å². The van der Waals surface area contributed by atoms with Crippen molar-refractivity contribution in [2.75, 3.05) is 31.6 Å². The van der Waals surface area contributed by atoms with E-state index in [4.69, 9.17) is 9.47 Å². The smallest absolute Gasteiger partial charge is 0.224 e. The first-order chi connectivity index (χ1) is 16.0. The Labute approximate surface area is 195 Å². The number of hydrogen-bond donors (Lipinski definition) is 0. The van der Waals surface area contributed by atoms with Crippen molar-refractivity contribution < 1.29 is 14.3 Å². The third-order valence-electron chi connectivity index (χ3n) is 5.90. The zero-order chi connectivity index (χ0) is 23.2. The third kappa shape index (κ3) is 5.61. The van der Waals surface area contributed by atoms with Gasteiger partial charge >= 0.3 is 0 Å². The van der Waals surface area contributed by atoms with E-state index < -0.39 is 0 Å². The van der Waals surface area contributed by atoms with Crippen LogP contribution in [0, 0.1) is 6.92 Å². The highest BCUT2D eigenvalue weighted by Crippen LogP contribution is 2.32. The molecule has 0 saturated carbocycles. The number of hydrogen-bond acceptors (Lipinski definition) is 6. The first-order valence-corrected chi connectivity index (χ1v) is 11.3. The maximum Gasteiger partial charge on any atom is 0.224 e. The van der Waals surface area contributed by atoms with Gasteiger partial charge in [-0.2, -0.15) is 0 Å². The number of anilines is 1. The molecule has 1 saturated heterocycles. The zero-order valence-electron chi connectivity index (χ0n) is 19.4. The van der Waals surface area contributed by atoms with Crippen LogP contribution >= 0.6 is 0 Å². The van der Waals surface area contributed by atoms with Crippen LogP contribution in [0.1, 0.15) is 24.5 Å². The Morgan fingerprint density at radius 3 is 2.64 bits per heavy atom. The summed E-state index contributed by atoms with van der Waals surface area (Å²) in [7, 11) is 1.62. The first kappa shape index (κ1) is 22.6. The van der Waals surface area contributed by atoms with Gasteiger partial charge in [0.05, 0.1) is 7.11 Å². The molecule has 1 aliphatic rings. The second kappa shape index (κ2) is 10.3. The molecule has 1 aliphatic heterocycles. The van der Waals surface area contributed by atoms with E-state index in [9.17, 15) is 4.79 Å². The summed E-state index contributed by atoms with van der Waals surface area (Å²) in [5.74, 6) is 2.70. The molecule has 33 heavy (non-hydrogen) atoms. The van der Waals surface area contributed by atoms with E-state index in [1.165, 1.54) is 11.9 Å².